The molecule has 0 heterocycles. The average molecular weight is 435 g/mol. The van der Waals surface area contributed by atoms with E-state index in [9.17, 15) is 9.46 Å². The molecule has 13 heteroatoms. The van der Waals surface area contributed by atoms with Crippen molar-refractivity contribution < 1.29 is 42.6 Å². The SMILES string of the molecule is NP(O)Oc1cc(/C=C/c2ccc(OP(=O)(O)O)cc2)cc(OP(O)O)c1. The van der Waals surface area contributed by atoms with Gasteiger partial charge >= 0.3 is 25.0 Å². The van der Waals surface area contributed by atoms with Crippen LogP contribution in [0.5, 0.6) is 17.2 Å². The number of nitrogens with two attached hydrogens (primary N) is 1. The fraction of sp³-hybridized carbons (Fsp3) is 0. The first-order valence-corrected chi connectivity index (χ1v) is 11.0. The van der Waals surface area contributed by atoms with Gasteiger partial charge in [0.05, 0.1) is 0 Å². The molecule has 0 radical (unpaired) electrons. The molecule has 146 valence electrons. The normalized spacial score (nSPS) is 13.0. The van der Waals surface area contributed by atoms with Crippen molar-refractivity contribution in [3.8, 4) is 17.2 Å². The molecule has 0 aliphatic carbocycles. The standard InChI is InChI=1S/C14H16NO9P3/c15-25(16)22-13-7-11(8-14(9-13)23-26(17)18)2-1-10-3-5-12(6-4-10)24-27(19,20)21/h1-9,16-18H,15H2,(H2,19,20,21)/b2-1+. The molecule has 1 atom stereocenters. The van der Waals surface area contributed by atoms with E-state index in [4.69, 9.17) is 34.1 Å². The van der Waals surface area contributed by atoms with Crippen molar-refractivity contribution in [1.82, 2.24) is 0 Å². The van der Waals surface area contributed by atoms with Gasteiger partial charge in [-0.15, -0.1) is 0 Å². The lowest BCUT2D eigenvalue weighted by Crippen LogP contribution is -1.95. The highest BCUT2D eigenvalue weighted by atomic mass is 31.2. The smallest absolute Gasteiger partial charge is 0.436 e. The Labute approximate surface area is 156 Å². The van der Waals surface area contributed by atoms with Gasteiger partial charge in [-0.25, -0.2) is 4.57 Å². The van der Waals surface area contributed by atoms with Crippen molar-refractivity contribution in [3.05, 3.63) is 53.6 Å². The minimum atomic E-state index is -4.61. The highest BCUT2D eigenvalue weighted by Crippen LogP contribution is 2.38. The largest absolute Gasteiger partial charge is 0.524 e. The Morgan fingerprint density at radius 3 is 1.93 bits per heavy atom. The van der Waals surface area contributed by atoms with Gasteiger partial charge in [0.2, 0.25) is 0 Å². The monoisotopic (exact) mass is 435 g/mol. The minimum absolute atomic E-state index is 0.0186. The molecule has 2 rings (SSSR count). The number of hydrogen-bond donors (Lipinski definition) is 6. The maximum atomic E-state index is 10.8. The van der Waals surface area contributed by atoms with E-state index in [1.165, 1.54) is 24.3 Å². The Morgan fingerprint density at radius 1 is 0.852 bits per heavy atom. The molecule has 0 aliphatic heterocycles. The summed E-state index contributed by atoms with van der Waals surface area (Å²) in [5.41, 5.74) is 6.47. The van der Waals surface area contributed by atoms with Gasteiger partial charge in [-0.05, 0) is 35.4 Å². The topological polar surface area (TPSA) is 172 Å². The van der Waals surface area contributed by atoms with Crippen LogP contribution in [0.25, 0.3) is 12.2 Å². The Bertz CT molecular complexity index is 808. The number of phosphoric ester groups is 1. The molecule has 2 aromatic rings. The molecule has 0 fully saturated rings. The number of phosphoric acid groups is 1. The second-order valence-electron chi connectivity index (χ2n) is 4.96. The lowest BCUT2D eigenvalue weighted by atomic mass is 10.1. The summed E-state index contributed by atoms with van der Waals surface area (Å²) in [6.45, 7) is 0. The average Bonchev–Trinajstić information content (AvgIpc) is 2.51. The Hall–Kier alpha value is -1.57. The highest BCUT2D eigenvalue weighted by Gasteiger charge is 2.15. The summed E-state index contributed by atoms with van der Waals surface area (Å²) in [5.74, 6) is 0.293. The molecule has 0 aliphatic rings. The van der Waals surface area contributed by atoms with Crippen molar-refractivity contribution in [1.29, 1.82) is 0 Å². The summed E-state index contributed by atoms with van der Waals surface area (Å²) >= 11 is 0. The molecule has 0 aromatic heterocycles. The van der Waals surface area contributed by atoms with Crippen LogP contribution in [0, 0.1) is 0 Å². The fourth-order valence-corrected chi connectivity index (χ4v) is 2.98. The second kappa shape index (κ2) is 9.57. The molecule has 10 nitrogen and oxygen atoms in total. The van der Waals surface area contributed by atoms with Crippen molar-refractivity contribution >= 4 is 37.1 Å². The van der Waals surface area contributed by atoms with E-state index in [-0.39, 0.29) is 17.2 Å². The maximum Gasteiger partial charge on any atom is 0.524 e. The Morgan fingerprint density at radius 2 is 1.41 bits per heavy atom. The first-order valence-electron chi connectivity index (χ1n) is 7.06. The van der Waals surface area contributed by atoms with E-state index in [0.29, 0.717) is 11.1 Å². The number of hydrogen-bond acceptors (Lipinski definition) is 8. The van der Waals surface area contributed by atoms with Crippen LogP contribution >= 0.6 is 25.0 Å². The van der Waals surface area contributed by atoms with Gasteiger partial charge < -0.3 is 28.3 Å². The van der Waals surface area contributed by atoms with Gasteiger partial charge in [0, 0.05) is 6.07 Å². The van der Waals surface area contributed by atoms with Gasteiger partial charge in [-0.3, -0.25) is 15.3 Å². The number of rotatable bonds is 8. The van der Waals surface area contributed by atoms with E-state index in [1.807, 2.05) is 0 Å². The zero-order valence-corrected chi connectivity index (χ0v) is 16.2. The predicted octanol–water partition coefficient (Wildman–Crippen LogP) is 2.48. The van der Waals surface area contributed by atoms with Crippen LogP contribution in [0.3, 0.4) is 0 Å². The van der Waals surface area contributed by atoms with Crippen LogP contribution in [0.2, 0.25) is 0 Å². The summed E-state index contributed by atoms with van der Waals surface area (Å²) in [5, 5.41) is 0. The van der Waals surface area contributed by atoms with Crippen LogP contribution in [-0.4, -0.2) is 24.5 Å². The summed E-state index contributed by atoms with van der Waals surface area (Å²) in [6.07, 6.45) is 3.32. The summed E-state index contributed by atoms with van der Waals surface area (Å²) in [4.78, 5) is 44.7. The van der Waals surface area contributed by atoms with Crippen LogP contribution in [0.4, 0.5) is 0 Å². The molecular weight excluding hydrogens is 419 g/mol. The first kappa shape index (κ1) is 21.7. The molecule has 7 N–H and O–H groups in total. The molecule has 0 saturated carbocycles. The van der Waals surface area contributed by atoms with Crippen LogP contribution in [-0.2, 0) is 4.57 Å². The molecular formula is C14H16NO9P3. The minimum Gasteiger partial charge on any atom is -0.436 e. The van der Waals surface area contributed by atoms with E-state index in [2.05, 4.69) is 4.52 Å². The first-order chi connectivity index (χ1) is 12.6. The molecule has 2 aromatic carbocycles. The van der Waals surface area contributed by atoms with Crippen LogP contribution in [0.1, 0.15) is 11.1 Å². The van der Waals surface area contributed by atoms with Gasteiger partial charge in [0.25, 0.3) is 0 Å². The van der Waals surface area contributed by atoms with E-state index >= 15 is 0 Å². The Kier molecular flexibility index (Phi) is 7.70. The third kappa shape index (κ3) is 8.32. The Balaban J connectivity index is 2.20. The van der Waals surface area contributed by atoms with Crippen molar-refractivity contribution in [2.75, 3.05) is 0 Å². The summed E-state index contributed by atoms with van der Waals surface area (Å²) < 4.78 is 25.1. The molecule has 27 heavy (non-hydrogen) atoms. The van der Waals surface area contributed by atoms with E-state index in [0.717, 1.165) is 0 Å². The van der Waals surface area contributed by atoms with Crippen LogP contribution < -0.4 is 19.1 Å². The van der Waals surface area contributed by atoms with E-state index in [1.54, 1.807) is 30.4 Å². The predicted molar refractivity (Wildman–Crippen MR) is 100 cm³/mol. The second-order valence-corrected chi connectivity index (χ2v) is 7.60. The zero-order valence-electron chi connectivity index (χ0n) is 13.5. The number of benzene rings is 2. The van der Waals surface area contributed by atoms with Crippen LogP contribution in [0.15, 0.2) is 42.5 Å². The molecule has 1 unspecified atom stereocenters. The molecule has 0 amide bonds. The lowest BCUT2D eigenvalue weighted by Gasteiger charge is -2.11. The highest BCUT2D eigenvalue weighted by molar-refractivity contribution is 7.46. The third-order valence-electron chi connectivity index (χ3n) is 2.86. The summed E-state index contributed by atoms with van der Waals surface area (Å²) in [6, 6.07) is 10.3. The maximum absolute atomic E-state index is 10.8. The van der Waals surface area contributed by atoms with Crippen molar-refractivity contribution in [3.63, 3.8) is 0 Å². The van der Waals surface area contributed by atoms with Gasteiger partial charge in [-0.2, -0.15) is 0 Å². The molecule has 0 spiro atoms. The van der Waals surface area contributed by atoms with Gasteiger partial charge in [0.1, 0.15) is 17.2 Å². The summed E-state index contributed by atoms with van der Waals surface area (Å²) in [7, 11) is -9.42. The van der Waals surface area contributed by atoms with Gasteiger partial charge in [0.15, 0.2) is 0 Å². The van der Waals surface area contributed by atoms with E-state index < -0.39 is 25.0 Å². The quantitative estimate of drug-likeness (QED) is 0.267. The van der Waals surface area contributed by atoms with Crippen molar-refractivity contribution in [2.45, 2.75) is 0 Å². The fourth-order valence-electron chi connectivity index (χ4n) is 1.97. The zero-order chi connectivity index (χ0) is 20.0. The lowest BCUT2D eigenvalue weighted by molar-refractivity contribution is 0.283. The van der Waals surface area contributed by atoms with Gasteiger partial charge in [-0.1, -0.05) is 24.3 Å². The third-order valence-corrected chi connectivity index (χ3v) is 4.08. The van der Waals surface area contributed by atoms with Crippen molar-refractivity contribution in [2.24, 2.45) is 5.50 Å². The molecule has 0 bridgehead atoms. The molecule has 0 saturated heterocycles.